The van der Waals surface area contributed by atoms with Crippen molar-refractivity contribution in [1.82, 2.24) is 0 Å². The molecule has 11 nitrogen and oxygen atoms in total. The number of rotatable bonds is 14. The van der Waals surface area contributed by atoms with Crippen LogP contribution in [0.25, 0.3) is 38.1 Å². The summed E-state index contributed by atoms with van der Waals surface area (Å²) in [5.74, 6) is -0.441. The first-order valence-corrected chi connectivity index (χ1v) is 28.8. The van der Waals surface area contributed by atoms with Crippen molar-refractivity contribution in [3.63, 3.8) is 0 Å². The molecule has 5 aromatic carbocycles. The van der Waals surface area contributed by atoms with Crippen LogP contribution < -0.4 is 0 Å². The van der Waals surface area contributed by atoms with E-state index in [4.69, 9.17) is 0 Å². The predicted octanol–water partition coefficient (Wildman–Crippen LogP) is 12.6. The number of hydrogen-bond acceptors (Lipinski definition) is 10. The second-order valence-corrected chi connectivity index (χ2v) is 24.5. The molecule has 0 amide bonds. The minimum atomic E-state index is -4.63. The molecule has 17 heteroatoms. The summed E-state index contributed by atoms with van der Waals surface area (Å²) in [6.45, 7) is 0. The lowest BCUT2D eigenvalue weighted by molar-refractivity contribution is -0.136. The summed E-state index contributed by atoms with van der Waals surface area (Å²) in [6.07, 6.45) is 15.1. The van der Waals surface area contributed by atoms with Crippen molar-refractivity contribution in [3.8, 4) is 21.6 Å². The molecule has 6 aromatic rings. The van der Waals surface area contributed by atoms with E-state index in [1.54, 1.807) is 59.5 Å². The number of thioether (sulfide) groups is 2. The molecule has 360 valence electrons. The lowest BCUT2D eigenvalue weighted by Crippen LogP contribution is -2.12. The molecule has 1 aromatic heterocycles. The number of carbonyl (C=O) groups is 1. The van der Waals surface area contributed by atoms with E-state index in [2.05, 4.69) is 24.3 Å². The zero-order valence-electron chi connectivity index (χ0n) is 37.3. The van der Waals surface area contributed by atoms with E-state index in [9.17, 15) is 48.8 Å². The molecule has 2 aliphatic carbocycles. The Morgan fingerprint density at radius 3 is 1.89 bits per heavy atom. The molecule has 0 spiro atoms. The highest BCUT2D eigenvalue weighted by Gasteiger charge is 2.37. The molecule has 2 bridgehead atoms. The smallest absolute Gasteiger partial charge is 0.307 e. The van der Waals surface area contributed by atoms with E-state index in [1.165, 1.54) is 48.2 Å². The molecule has 1 fully saturated rings. The fourth-order valence-electron chi connectivity index (χ4n) is 8.79. The zero-order chi connectivity index (χ0) is 50.1. The molecule has 3 N–H and O–H groups in total. The normalized spacial score (nSPS) is 18.5. The van der Waals surface area contributed by atoms with Crippen LogP contribution in [0.3, 0.4) is 0 Å². The number of benzene rings is 5. The summed E-state index contributed by atoms with van der Waals surface area (Å²) < 4.78 is 102. The van der Waals surface area contributed by atoms with Gasteiger partial charge >= 0.3 is 5.97 Å². The van der Waals surface area contributed by atoms with Crippen molar-refractivity contribution in [3.05, 3.63) is 212 Å². The quantitative estimate of drug-likeness (QED) is 0.0687. The van der Waals surface area contributed by atoms with Gasteiger partial charge in [-0.3, -0.25) is 13.9 Å². The molecule has 0 radical (unpaired) electrons. The maximum atomic E-state index is 11.9. The SMILES string of the molecule is O=C(O)Cc1ccc(SC2=C(/C=C/c3cc(-c4ccc(S(=O)(=O)[O-])cc4)cc(-c4ccccc4)[s+]3)C3CCC(C3)/C2=C\C=C2/C=C(c3ccc(S(=O)(=O)O)cc3)C=C(c3ccc(S(=O)(=O)O)cc3)S2)cc1. The third-order valence-corrected chi connectivity index (χ3v) is 18.2. The molecule has 1 aliphatic heterocycles. The van der Waals surface area contributed by atoms with Crippen molar-refractivity contribution in [2.45, 2.75) is 45.3 Å². The van der Waals surface area contributed by atoms with Gasteiger partial charge in [-0.15, -0.1) is 0 Å². The Hall–Kier alpha value is -5.99. The van der Waals surface area contributed by atoms with Gasteiger partial charge in [0.2, 0.25) is 21.1 Å². The standard InChI is InChI=1S/C54H42O11S6/c55-53(56)28-34-6-16-43(17-7-34)68-54-49(26-18-44-30-41(32-51(66-44)37-4-2-1-3-5-37)35-10-20-46(21-11-35)69(57,58)59)39-8-9-40(29-39)50(54)27-19-45-31-42(36-12-22-47(23-13-36)70(60,61)62)33-52(67-45)38-14-24-48(25-15-38)71(63,64)65/h1-7,10-27,30-33,39-40H,8-9,28-29H2,(H3-,55,56,57,58,59,60,61,62,63,64,65). The van der Waals surface area contributed by atoms with Gasteiger partial charge < -0.3 is 9.66 Å². The average molecular weight is 1060 g/mol. The molecular formula is C54H42O11S6. The lowest BCUT2D eigenvalue weighted by Gasteiger charge is -2.28. The maximum Gasteiger partial charge on any atom is 0.307 e. The van der Waals surface area contributed by atoms with Crippen molar-refractivity contribution >= 4 is 87.7 Å². The molecule has 2 atom stereocenters. The Balaban J connectivity index is 1.15. The van der Waals surface area contributed by atoms with E-state index < -0.39 is 36.3 Å². The monoisotopic (exact) mass is 1060 g/mol. The molecule has 2 heterocycles. The summed E-state index contributed by atoms with van der Waals surface area (Å²) in [5.41, 5.74) is 7.63. The van der Waals surface area contributed by atoms with E-state index in [-0.39, 0.29) is 32.9 Å². The van der Waals surface area contributed by atoms with Crippen molar-refractivity contribution in [2.75, 3.05) is 0 Å². The van der Waals surface area contributed by atoms with Crippen LogP contribution in [-0.2, 0) is 41.6 Å². The van der Waals surface area contributed by atoms with Gasteiger partial charge in [0, 0.05) is 43.4 Å². The fraction of sp³-hybridized carbons (Fsp3) is 0.111. The molecule has 71 heavy (non-hydrogen) atoms. The van der Waals surface area contributed by atoms with Crippen LogP contribution in [0, 0.1) is 11.8 Å². The third-order valence-electron chi connectivity index (χ3n) is 12.3. The second-order valence-electron chi connectivity index (χ2n) is 17.0. The van der Waals surface area contributed by atoms with Crippen molar-refractivity contribution < 1.29 is 48.8 Å². The largest absolute Gasteiger partial charge is 0.744 e. The van der Waals surface area contributed by atoms with Crippen LogP contribution in [0.5, 0.6) is 0 Å². The first-order valence-electron chi connectivity index (χ1n) is 22.0. The van der Waals surface area contributed by atoms with Crippen molar-refractivity contribution in [2.24, 2.45) is 11.8 Å². The number of allylic oxidation sites excluding steroid dienone is 8. The number of carboxylic acid groups (broad SMARTS) is 1. The summed E-state index contributed by atoms with van der Waals surface area (Å²) in [5, 5.41) is 9.46. The summed E-state index contributed by atoms with van der Waals surface area (Å²) >= 11 is 4.69. The maximum absolute atomic E-state index is 11.9. The van der Waals surface area contributed by atoms with E-state index in [1.807, 2.05) is 78.9 Å². The topological polar surface area (TPSA) is 203 Å². The Morgan fingerprint density at radius 2 is 1.27 bits per heavy atom. The van der Waals surface area contributed by atoms with Gasteiger partial charge in [0.15, 0.2) is 0 Å². The van der Waals surface area contributed by atoms with Crippen LogP contribution >= 0.6 is 34.9 Å². The van der Waals surface area contributed by atoms with Gasteiger partial charge in [0.25, 0.3) is 20.2 Å². The minimum Gasteiger partial charge on any atom is -0.744 e. The zero-order valence-corrected chi connectivity index (χ0v) is 42.2. The predicted molar refractivity (Wildman–Crippen MR) is 280 cm³/mol. The number of carboxylic acids is 1. The van der Waals surface area contributed by atoms with Crippen LogP contribution in [0.1, 0.15) is 40.8 Å². The van der Waals surface area contributed by atoms with E-state index >= 15 is 0 Å². The highest BCUT2D eigenvalue weighted by Crippen LogP contribution is 2.54. The van der Waals surface area contributed by atoms with Gasteiger partial charge in [-0.25, -0.2) is 8.42 Å². The van der Waals surface area contributed by atoms with Crippen LogP contribution in [0.2, 0.25) is 0 Å². The number of hydrogen-bond donors (Lipinski definition) is 3. The fourth-order valence-corrected chi connectivity index (χ4v) is 13.5. The van der Waals surface area contributed by atoms with Gasteiger partial charge in [-0.05, 0) is 155 Å². The lowest BCUT2D eigenvalue weighted by atomic mass is 9.84. The highest BCUT2D eigenvalue weighted by atomic mass is 32.2. The third kappa shape index (κ3) is 12.0. The van der Waals surface area contributed by atoms with Gasteiger partial charge in [-0.2, -0.15) is 16.8 Å². The Labute approximate surface area is 424 Å². The molecule has 0 saturated heterocycles. The Bertz CT molecular complexity index is 3600. The first-order chi connectivity index (χ1) is 33.8. The van der Waals surface area contributed by atoms with E-state index in [0.29, 0.717) is 16.7 Å². The average Bonchev–Trinajstić information content (AvgIpc) is 3.78. The minimum absolute atomic E-state index is 0.101. The molecular weight excluding hydrogens is 1020 g/mol. The molecule has 3 aliphatic rings. The summed E-state index contributed by atoms with van der Waals surface area (Å²) in [4.78, 5) is 16.3. The molecule has 9 rings (SSSR count). The van der Waals surface area contributed by atoms with Gasteiger partial charge in [-0.1, -0.05) is 102 Å². The van der Waals surface area contributed by atoms with Crippen LogP contribution in [0.4, 0.5) is 0 Å². The van der Waals surface area contributed by atoms with Gasteiger partial charge in [0.1, 0.15) is 10.1 Å². The molecule has 1 saturated carbocycles. The number of aliphatic carboxylic acids is 1. The van der Waals surface area contributed by atoms with Crippen molar-refractivity contribution in [1.29, 1.82) is 0 Å². The van der Waals surface area contributed by atoms with Gasteiger partial charge in [0.05, 0.1) is 21.1 Å². The van der Waals surface area contributed by atoms with Crippen LogP contribution in [-0.4, -0.2) is 50.0 Å². The summed E-state index contributed by atoms with van der Waals surface area (Å²) in [6, 6.07) is 39.2. The highest BCUT2D eigenvalue weighted by molar-refractivity contribution is 8.12. The number of fused-ring (bicyclic) bond motifs is 2. The second kappa shape index (κ2) is 20.6. The Kier molecular flexibility index (Phi) is 14.5. The Morgan fingerprint density at radius 1 is 0.662 bits per heavy atom. The molecule has 2 unspecified atom stereocenters. The van der Waals surface area contributed by atoms with E-state index in [0.717, 1.165) is 82.0 Å². The summed E-state index contributed by atoms with van der Waals surface area (Å²) in [7, 11) is -13.5. The van der Waals surface area contributed by atoms with Crippen LogP contribution in [0.15, 0.2) is 210 Å². The first kappa shape index (κ1) is 50.0.